The molecule has 1 aliphatic carbocycles. The van der Waals surface area contributed by atoms with Gasteiger partial charge in [0.15, 0.2) is 5.16 Å². The molecule has 0 aromatic carbocycles. The molecule has 5 nitrogen and oxygen atoms in total. The maximum Gasteiger partial charge on any atom is 0.191 e. The van der Waals surface area contributed by atoms with E-state index < -0.39 is 0 Å². The minimum atomic E-state index is 0.459. The summed E-state index contributed by atoms with van der Waals surface area (Å²) in [6.07, 6.45) is 2.43. The van der Waals surface area contributed by atoms with Gasteiger partial charge in [-0.1, -0.05) is 11.8 Å². The number of rotatable bonds is 5. The van der Waals surface area contributed by atoms with Gasteiger partial charge >= 0.3 is 0 Å². The van der Waals surface area contributed by atoms with Gasteiger partial charge < -0.3 is 10.3 Å². The number of hydrogen-bond donors (Lipinski definition) is 1. The van der Waals surface area contributed by atoms with Crippen LogP contribution in [0.2, 0.25) is 0 Å². The lowest BCUT2D eigenvalue weighted by Gasteiger charge is -2.06. The van der Waals surface area contributed by atoms with Crippen LogP contribution in [0.3, 0.4) is 0 Å². The molecular weight excluding hydrogens is 266 g/mol. The summed E-state index contributed by atoms with van der Waals surface area (Å²) in [5, 5.41) is 12.6. The van der Waals surface area contributed by atoms with Crippen LogP contribution in [0.4, 0.5) is 0 Å². The molecule has 0 atom stereocenters. The van der Waals surface area contributed by atoms with Crippen LogP contribution in [0.15, 0.2) is 10.5 Å². The SMILES string of the molecule is Cc1csc(CSc2nnc(CN)n2C2CC2)n1. The van der Waals surface area contributed by atoms with Gasteiger partial charge in [-0.2, -0.15) is 0 Å². The number of hydrogen-bond acceptors (Lipinski definition) is 6. The molecular formula is C11H15N5S2. The van der Waals surface area contributed by atoms with Crippen molar-refractivity contribution >= 4 is 23.1 Å². The van der Waals surface area contributed by atoms with Crippen LogP contribution in [0.1, 0.15) is 35.4 Å². The van der Waals surface area contributed by atoms with Gasteiger partial charge in [-0.05, 0) is 19.8 Å². The lowest BCUT2D eigenvalue weighted by molar-refractivity contribution is 0.626. The molecule has 1 fully saturated rings. The fraction of sp³-hybridized carbons (Fsp3) is 0.545. The van der Waals surface area contributed by atoms with Gasteiger partial charge in [-0.3, -0.25) is 0 Å². The Kier molecular flexibility index (Phi) is 3.36. The predicted molar refractivity (Wildman–Crippen MR) is 72.6 cm³/mol. The summed E-state index contributed by atoms with van der Waals surface area (Å²) in [5.74, 6) is 1.75. The van der Waals surface area contributed by atoms with Crippen LogP contribution in [0.25, 0.3) is 0 Å². The highest BCUT2D eigenvalue weighted by molar-refractivity contribution is 7.98. The molecule has 2 heterocycles. The topological polar surface area (TPSA) is 69.6 Å². The monoisotopic (exact) mass is 281 g/mol. The molecule has 7 heteroatoms. The van der Waals surface area contributed by atoms with Crippen LogP contribution < -0.4 is 5.73 Å². The van der Waals surface area contributed by atoms with Gasteiger partial charge in [0, 0.05) is 17.1 Å². The summed E-state index contributed by atoms with van der Waals surface area (Å²) in [6, 6.07) is 0.569. The average Bonchev–Trinajstić information content (AvgIpc) is 2.99. The quantitative estimate of drug-likeness (QED) is 0.850. The Morgan fingerprint density at radius 3 is 2.94 bits per heavy atom. The molecule has 0 aliphatic heterocycles. The Hall–Kier alpha value is -0.920. The summed E-state index contributed by atoms with van der Waals surface area (Å²) in [4.78, 5) is 4.46. The zero-order valence-electron chi connectivity index (χ0n) is 10.2. The summed E-state index contributed by atoms with van der Waals surface area (Å²) >= 11 is 3.40. The second-order valence-corrected chi connectivity index (χ2v) is 6.26. The molecule has 2 N–H and O–H groups in total. The number of thiazole rings is 1. The highest BCUT2D eigenvalue weighted by atomic mass is 32.2. The molecule has 0 spiro atoms. The number of aromatic nitrogens is 4. The third-order valence-electron chi connectivity index (χ3n) is 2.82. The second kappa shape index (κ2) is 4.99. The van der Waals surface area contributed by atoms with Gasteiger partial charge in [-0.15, -0.1) is 21.5 Å². The molecule has 0 unspecified atom stereocenters. The Morgan fingerprint density at radius 1 is 1.50 bits per heavy atom. The number of nitrogens with zero attached hydrogens (tertiary/aromatic N) is 4. The van der Waals surface area contributed by atoms with E-state index in [9.17, 15) is 0 Å². The first-order chi connectivity index (χ1) is 8.78. The molecule has 1 saturated carbocycles. The summed E-state index contributed by atoms with van der Waals surface area (Å²) < 4.78 is 2.20. The van der Waals surface area contributed by atoms with Gasteiger partial charge in [0.25, 0.3) is 0 Å². The molecule has 2 aromatic rings. The van der Waals surface area contributed by atoms with E-state index in [1.807, 2.05) is 6.92 Å². The van der Waals surface area contributed by atoms with Crippen LogP contribution in [0.5, 0.6) is 0 Å². The van der Waals surface area contributed by atoms with Crippen molar-refractivity contribution in [3.8, 4) is 0 Å². The van der Waals surface area contributed by atoms with Crippen molar-refractivity contribution in [2.45, 2.75) is 43.3 Å². The zero-order valence-corrected chi connectivity index (χ0v) is 11.8. The summed E-state index contributed by atoms with van der Waals surface area (Å²) in [6.45, 7) is 2.48. The van der Waals surface area contributed by atoms with Crippen molar-refractivity contribution in [1.29, 1.82) is 0 Å². The first kappa shape index (κ1) is 12.1. The maximum atomic E-state index is 5.70. The van der Waals surface area contributed by atoms with E-state index in [-0.39, 0.29) is 0 Å². The third-order valence-corrected chi connectivity index (χ3v) is 4.92. The van der Waals surface area contributed by atoms with E-state index in [0.717, 1.165) is 27.4 Å². The smallest absolute Gasteiger partial charge is 0.191 e. The first-order valence-corrected chi connectivity index (χ1v) is 7.82. The van der Waals surface area contributed by atoms with Crippen molar-refractivity contribution in [3.63, 3.8) is 0 Å². The van der Waals surface area contributed by atoms with Crippen LogP contribution >= 0.6 is 23.1 Å². The Morgan fingerprint density at radius 2 is 2.33 bits per heavy atom. The van der Waals surface area contributed by atoms with Crippen LogP contribution in [0, 0.1) is 6.92 Å². The lowest BCUT2D eigenvalue weighted by atomic mass is 10.5. The van der Waals surface area contributed by atoms with Crippen molar-refractivity contribution in [2.24, 2.45) is 5.73 Å². The van der Waals surface area contributed by atoms with Crippen LogP contribution in [-0.2, 0) is 12.3 Å². The molecule has 18 heavy (non-hydrogen) atoms. The largest absolute Gasteiger partial charge is 0.324 e. The van der Waals surface area contributed by atoms with Gasteiger partial charge in [0.1, 0.15) is 10.8 Å². The van der Waals surface area contributed by atoms with E-state index in [0.29, 0.717) is 12.6 Å². The Bertz CT molecular complexity index is 543. The second-order valence-electron chi connectivity index (χ2n) is 4.38. The van der Waals surface area contributed by atoms with Crippen molar-refractivity contribution in [1.82, 2.24) is 19.7 Å². The normalized spacial score (nSPS) is 15.2. The standard InChI is InChI=1S/C11H15N5S2/c1-7-5-17-10(13-7)6-18-11-15-14-9(4-12)16(11)8-2-3-8/h5,8H,2-4,6,12H2,1H3. The predicted octanol–water partition coefficient (Wildman–Crippen LogP) is 2.13. The highest BCUT2D eigenvalue weighted by Crippen LogP contribution is 2.39. The summed E-state index contributed by atoms with van der Waals surface area (Å²) in [7, 11) is 0. The summed E-state index contributed by atoms with van der Waals surface area (Å²) in [5.41, 5.74) is 6.78. The van der Waals surface area contributed by atoms with Gasteiger partial charge in [-0.25, -0.2) is 4.98 Å². The van der Waals surface area contributed by atoms with Crippen molar-refractivity contribution < 1.29 is 0 Å². The first-order valence-electron chi connectivity index (χ1n) is 5.95. The Labute approximate surface area is 114 Å². The molecule has 0 saturated heterocycles. The van der Waals surface area contributed by atoms with Gasteiger partial charge in [0.05, 0.1) is 12.3 Å². The van der Waals surface area contributed by atoms with Crippen LogP contribution in [-0.4, -0.2) is 19.7 Å². The molecule has 96 valence electrons. The zero-order chi connectivity index (χ0) is 12.5. The van der Waals surface area contributed by atoms with E-state index in [4.69, 9.17) is 5.73 Å². The number of aryl methyl sites for hydroxylation is 1. The maximum absolute atomic E-state index is 5.70. The molecule has 3 rings (SSSR count). The lowest BCUT2D eigenvalue weighted by Crippen LogP contribution is -2.08. The van der Waals surface area contributed by atoms with E-state index in [1.54, 1.807) is 23.1 Å². The molecule has 2 aromatic heterocycles. The Balaban J connectivity index is 1.74. The molecule has 0 radical (unpaired) electrons. The number of nitrogens with two attached hydrogens (primary N) is 1. The molecule has 0 amide bonds. The average molecular weight is 281 g/mol. The van der Waals surface area contributed by atoms with E-state index in [1.165, 1.54) is 12.8 Å². The minimum Gasteiger partial charge on any atom is -0.324 e. The van der Waals surface area contributed by atoms with E-state index >= 15 is 0 Å². The fourth-order valence-electron chi connectivity index (χ4n) is 1.84. The van der Waals surface area contributed by atoms with E-state index in [2.05, 4.69) is 25.1 Å². The minimum absolute atomic E-state index is 0.459. The van der Waals surface area contributed by atoms with Gasteiger partial charge in [0.2, 0.25) is 0 Å². The van der Waals surface area contributed by atoms with Crippen molar-refractivity contribution in [3.05, 3.63) is 21.9 Å². The van der Waals surface area contributed by atoms with Crippen molar-refractivity contribution in [2.75, 3.05) is 0 Å². The number of thioether (sulfide) groups is 1. The highest BCUT2D eigenvalue weighted by Gasteiger charge is 2.29. The molecule has 0 bridgehead atoms. The third kappa shape index (κ3) is 2.43. The molecule has 1 aliphatic rings. The fourth-order valence-corrected chi connectivity index (χ4v) is 3.65.